The summed E-state index contributed by atoms with van der Waals surface area (Å²) in [6, 6.07) is 5.45. The molecule has 0 aliphatic heterocycles. The SMILES string of the molecule is CCCCCCCCNC(=O)c1ccc(C)c(N)c1. The number of aryl methyl sites for hydroxylation is 1. The maximum Gasteiger partial charge on any atom is 0.251 e. The summed E-state index contributed by atoms with van der Waals surface area (Å²) in [5.74, 6) is -0.0275. The molecule has 0 fully saturated rings. The van der Waals surface area contributed by atoms with Crippen molar-refractivity contribution in [2.24, 2.45) is 0 Å². The van der Waals surface area contributed by atoms with Crippen LogP contribution in [0.15, 0.2) is 18.2 Å². The molecule has 3 N–H and O–H groups in total. The summed E-state index contributed by atoms with van der Waals surface area (Å²) in [6.07, 6.45) is 7.40. The molecule has 1 rings (SSSR count). The Bertz CT molecular complexity index is 402. The van der Waals surface area contributed by atoms with Gasteiger partial charge in [0.15, 0.2) is 0 Å². The van der Waals surface area contributed by atoms with Crippen molar-refractivity contribution in [1.82, 2.24) is 5.32 Å². The molecule has 0 saturated heterocycles. The molecule has 0 aromatic heterocycles. The molecule has 0 bridgehead atoms. The maximum absolute atomic E-state index is 11.9. The highest BCUT2D eigenvalue weighted by atomic mass is 16.1. The Hall–Kier alpha value is -1.51. The molecule has 19 heavy (non-hydrogen) atoms. The molecular formula is C16H26N2O. The summed E-state index contributed by atoms with van der Waals surface area (Å²) >= 11 is 0. The molecule has 106 valence electrons. The maximum atomic E-state index is 11.9. The largest absolute Gasteiger partial charge is 0.398 e. The summed E-state index contributed by atoms with van der Waals surface area (Å²) < 4.78 is 0. The van der Waals surface area contributed by atoms with Gasteiger partial charge in [-0.1, -0.05) is 45.1 Å². The molecule has 0 aliphatic carbocycles. The molecule has 1 amide bonds. The van der Waals surface area contributed by atoms with Crippen molar-refractivity contribution < 1.29 is 4.79 Å². The standard InChI is InChI=1S/C16H26N2O/c1-3-4-5-6-7-8-11-18-16(19)14-10-9-13(2)15(17)12-14/h9-10,12H,3-8,11,17H2,1-2H3,(H,18,19). The average Bonchev–Trinajstić information content (AvgIpc) is 2.40. The molecule has 0 heterocycles. The van der Waals surface area contributed by atoms with Crippen LogP contribution < -0.4 is 11.1 Å². The van der Waals surface area contributed by atoms with Gasteiger partial charge in [0.25, 0.3) is 5.91 Å². The van der Waals surface area contributed by atoms with Crippen LogP contribution in [0.3, 0.4) is 0 Å². The predicted molar refractivity (Wildman–Crippen MR) is 81.3 cm³/mol. The minimum absolute atomic E-state index is 0.0275. The third-order valence-corrected chi connectivity index (χ3v) is 3.36. The lowest BCUT2D eigenvalue weighted by Crippen LogP contribution is -2.24. The number of hydrogen-bond donors (Lipinski definition) is 2. The first-order valence-electron chi connectivity index (χ1n) is 7.29. The highest BCUT2D eigenvalue weighted by Crippen LogP contribution is 2.12. The number of hydrogen-bond acceptors (Lipinski definition) is 2. The second-order valence-corrected chi connectivity index (χ2v) is 5.10. The third-order valence-electron chi connectivity index (χ3n) is 3.36. The summed E-state index contributed by atoms with van der Waals surface area (Å²) in [5, 5.41) is 2.94. The molecule has 0 unspecified atom stereocenters. The molecule has 0 aliphatic rings. The number of carbonyl (C=O) groups is 1. The van der Waals surface area contributed by atoms with Gasteiger partial charge in [-0.2, -0.15) is 0 Å². The summed E-state index contributed by atoms with van der Waals surface area (Å²) in [4.78, 5) is 11.9. The Balaban J connectivity index is 2.22. The molecule has 1 aromatic carbocycles. The Morgan fingerprint density at radius 3 is 2.53 bits per heavy atom. The van der Waals surface area contributed by atoms with Crippen molar-refractivity contribution in [2.45, 2.75) is 52.4 Å². The van der Waals surface area contributed by atoms with E-state index in [0.29, 0.717) is 11.3 Å². The van der Waals surface area contributed by atoms with Crippen LogP contribution in [0.2, 0.25) is 0 Å². The first kappa shape index (κ1) is 15.5. The fourth-order valence-electron chi connectivity index (χ4n) is 1.99. The van der Waals surface area contributed by atoms with Gasteiger partial charge in [-0.15, -0.1) is 0 Å². The van der Waals surface area contributed by atoms with Crippen molar-refractivity contribution in [2.75, 3.05) is 12.3 Å². The van der Waals surface area contributed by atoms with E-state index in [-0.39, 0.29) is 5.91 Å². The van der Waals surface area contributed by atoms with Crippen LogP contribution in [-0.4, -0.2) is 12.5 Å². The number of anilines is 1. The van der Waals surface area contributed by atoms with Crippen LogP contribution in [0, 0.1) is 6.92 Å². The van der Waals surface area contributed by atoms with E-state index in [1.807, 2.05) is 19.1 Å². The number of amides is 1. The smallest absolute Gasteiger partial charge is 0.251 e. The summed E-state index contributed by atoms with van der Waals surface area (Å²) in [6.45, 7) is 4.90. The summed E-state index contributed by atoms with van der Waals surface area (Å²) in [7, 11) is 0. The highest BCUT2D eigenvalue weighted by molar-refractivity contribution is 5.95. The van der Waals surface area contributed by atoms with E-state index in [0.717, 1.165) is 18.5 Å². The van der Waals surface area contributed by atoms with Crippen LogP contribution in [0.1, 0.15) is 61.4 Å². The first-order valence-corrected chi connectivity index (χ1v) is 7.29. The number of unbranched alkanes of at least 4 members (excludes halogenated alkanes) is 5. The summed E-state index contributed by atoms with van der Waals surface area (Å²) in [5.41, 5.74) is 8.13. The van der Waals surface area contributed by atoms with Crippen molar-refractivity contribution in [3.63, 3.8) is 0 Å². The number of nitrogens with one attached hydrogen (secondary N) is 1. The lowest BCUT2D eigenvalue weighted by Gasteiger charge is -2.07. The van der Waals surface area contributed by atoms with Gasteiger partial charge in [0.2, 0.25) is 0 Å². The minimum Gasteiger partial charge on any atom is -0.398 e. The zero-order valence-corrected chi connectivity index (χ0v) is 12.2. The normalized spacial score (nSPS) is 10.4. The van der Waals surface area contributed by atoms with Gasteiger partial charge in [0, 0.05) is 17.8 Å². The molecular weight excluding hydrogens is 236 g/mol. The quantitative estimate of drug-likeness (QED) is 0.555. The van der Waals surface area contributed by atoms with Gasteiger partial charge in [-0.25, -0.2) is 0 Å². The van der Waals surface area contributed by atoms with Crippen molar-refractivity contribution in [3.8, 4) is 0 Å². The van der Waals surface area contributed by atoms with Crippen molar-refractivity contribution >= 4 is 11.6 Å². The van der Waals surface area contributed by atoms with Gasteiger partial charge >= 0.3 is 0 Å². The van der Waals surface area contributed by atoms with Gasteiger partial charge < -0.3 is 11.1 Å². The number of benzene rings is 1. The highest BCUT2D eigenvalue weighted by Gasteiger charge is 2.05. The molecule has 3 heteroatoms. The monoisotopic (exact) mass is 262 g/mol. The van der Waals surface area contributed by atoms with Crippen LogP contribution >= 0.6 is 0 Å². The van der Waals surface area contributed by atoms with Gasteiger partial charge in [-0.3, -0.25) is 4.79 Å². The number of nitrogens with two attached hydrogens (primary N) is 1. The fraction of sp³-hybridized carbons (Fsp3) is 0.562. The number of carbonyl (C=O) groups excluding carboxylic acids is 1. The molecule has 0 radical (unpaired) electrons. The Morgan fingerprint density at radius 2 is 1.84 bits per heavy atom. The zero-order valence-electron chi connectivity index (χ0n) is 12.2. The second-order valence-electron chi connectivity index (χ2n) is 5.10. The molecule has 0 spiro atoms. The second kappa shape index (κ2) is 8.57. The lowest BCUT2D eigenvalue weighted by molar-refractivity contribution is 0.0953. The van der Waals surface area contributed by atoms with E-state index in [1.54, 1.807) is 6.07 Å². The topological polar surface area (TPSA) is 55.1 Å². The Kier molecular flexibility index (Phi) is 7.01. The van der Waals surface area contributed by atoms with Crippen LogP contribution in [0.25, 0.3) is 0 Å². The zero-order chi connectivity index (χ0) is 14.1. The third kappa shape index (κ3) is 5.77. The lowest BCUT2D eigenvalue weighted by atomic mass is 10.1. The average molecular weight is 262 g/mol. The van der Waals surface area contributed by atoms with Gasteiger partial charge in [-0.05, 0) is 31.0 Å². The van der Waals surface area contributed by atoms with E-state index in [9.17, 15) is 4.79 Å². The number of rotatable bonds is 8. The van der Waals surface area contributed by atoms with E-state index in [1.165, 1.54) is 32.1 Å². The van der Waals surface area contributed by atoms with E-state index in [2.05, 4.69) is 12.2 Å². The molecule has 3 nitrogen and oxygen atoms in total. The molecule has 0 saturated carbocycles. The minimum atomic E-state index is -0.0275. The number of nitrogen functional groups attached to an aromatic ring is 1. The van der Waals surface area contributed by atoms with Gasteiger partial charge in [0.05, 0.1) is 0 Å². The predicted octanol–water partition coefficient (Wildman–Crippen LogP) is 3.67. The van der Waals surface area contributed by atoms with Crippen LogP contribution in [0.4, 0.5) is 5.69 Å². The van der Waals surface area contributed by atoms with Gasteiger partial charge in [0.1, 0.15) is 0 Å². The van der Waals surface area contributed by atoms with E-state index >= 15 is 0 Å². The van der Waals surface area contributed by atoms with Crippen molar-refractivity contribution in [3.05, 3.63) is 29.3 Å². The van der Waals surface area contributed by atoms with E-state index in [4.69, 9.17) is 5.73 Å². The van der Waals surface area contributed by atoms with Crippen LogP contribution in [0.5, 0.6) is 0 Å². The van der Waals surface area contributed by atoms with Crippen LogP contribution in [-0.2, 0) is 0 Å². The van der Waals surface area contributed by atoms with E-state index < -0.39 is 0 Å². The first-order chi connectivity index (χ1) is 9.15. The Labute approximate surface area is 116 Å². The Morgan fingerprint density at radius 1 is 1.16 bits per heavy atom. The molecule has 0 atom stereocenters. The fourth-order valence-corrected chi connectivity index (χ4v) is 1.99. The molecule has 1 aromatic rings. The van der Waals surface area contributed by atoms with Crippen molar-refractivity contribution in [1.29, 1.82) is 0 Å².